The van der Waals surface area contributed by atoms with Crippen molar-refractivity contribution in [3.05, 3.63) is 47.8 Å². The zero-order valence-electron chi connectivity index (χ0n) is 10.6. The van der Waals surface area contributed by atoms with Gasteiger partial charge >= 0.3 is 5.97 Å². The van der Waals surface area contributed by atoms with Gasteiger partial charge < -0.3 is 5.11 Å². The molecule has 20 heavy (non-hydrogen) atoms. The molecule has 0 saturated carbocycles. The molecule has 2 rings (SSSR count). The fraction of sp³-hybridized carbons (Fsp3) is 0.167. The Labute approximate surface area is 115 Å². The van der Waals surface area contributed by atoms with Crippen LogP contribution in [0.5, 0.6) is 0 Å². The lowest BCUT2D eigenvalue weighted by Gasteiger charge is -2.12. The summed E-state index contributed by atoms with van der Waals surface area (Å²) in [4.78, 5) is 10.7. The quantitative estimate of drug-likeness (QED) is 0.766. The number of rotatable bonds is 5. The molecule has 7 nitrogen and oxygen atoms in total. The van der Waals surface area contributed by atoms with Gasteiger partial charge in [0.05, 0.1) is 16.7 Å². The summed E-state index contributed by atoms with van der Waals surface area (Å²) < 4.78 is 26.7. The van der Waals surface area contributed by atoms with E-state index in [2.05, 4.69) is 14.9 Å². The summed E-state index contributed by atoms with van der Waals surface area (Å²) in [7, 11) is -3.71. The SMILES string of the molecule is CC(NS(=O)(=O)c1ccc(C(=O)O)cc1)c1cn[nH]c1. The molecule has 0 fully saturated rings. The predicted molar refractivity (Wildman–Crippen MR) is 70.7 cm³/mol. The molecule has 0 saturated heterocycles. The minimum Gasteiger partial charge on any atom is -0.478 e. The molecule has 0 aliphatic heterocycles. The Bertz CT molecular complexity index is 693. The van der Waals surface area contributed by atoms with Crippen LogP contribution in [0.3, 0.4) is 0 Å². The number of aromatic nitrogens is 2. The second kappa shape index (κ2) is 5.43. The van der Waals surface area contributed by atoms with Crippen LogP contribution in [0.4, 0.5) is 0 Å². The molecule has 1 unspecified atom stereocenters. The first-order chi connectivity index (χ1) is 9.40. The zero-order valence-corrected chi connectivity index (χ0v) is 11.4. The van der Waals surface area contributed by atoms with E-state index in [-0.39, 0.29) is 10.5 Å². The molecule has 1 heterocycles. The molecule has 1 aromatic carbocycles. The van der Waals surface area contributed by atoms with Crippen LogP contribution in [-0.4, -0.2) is 29.7 Å². The van der Waals surface area contributed by atoms with Crippen molar-refractivity contribution in [2.75, 3.05) is 0 Å². The van der Waals surface area contributed by atoms with Crippen molar-refractivity contribution in [1.82, 2.24) is 14.9 Å². The highest BCUT2D eigenvalue weighted by molar-refractivity contribution is 7.89. The number of benzene rings is 1. The summed E-state index contributed by atoms with van der Waals surface area (Å²) in [5.41, 5.74) is 0.738. The van der Waals surface area contributed by atoms with E-state index < -0.39 is 22.0 Å². The summed E-state index contributed by atoms with van der Waals surface area (Å²) in [5.74, 6) is -1.10. The number of aromatic carboxylic acids is 1. The Morgan fingerprint density at radius 1 is 1.35 bits per heavy atom. The van der Waals surface area contributed by atoms with Gasteiger partial charge in [-0.1, -0.05) is 0 Å². The first-order valence-corrected chi connectivity index (χ1v) is 7.23. The average Bonchev–Trinajstić information content (AvgIpc) is 2.92. The van der Waals surface area contributed by atoms with Gasteiger partial charge in [-0.15, -0.1) is 0 Å². The largest absolute Gasteiger partial charge is 0.478 e. The summed E-state index contributed by atoms with van der Waals surface area (Å²) in [5, 5.41) is 15.1. The molecule has 8 heteroatoms. The monoisotopic (exact) mass is 295 g/mol. The number of nitrogens with one attached hydrogen (secondary N) is 2. The lowest BCUT2D eigenvalue weighted by Crippen LogP contribution is -2.26. The molecule has 3 N–H and O–H groups in total. The first kappa shape index (κ1) is 14.2. The topological polar surface area (TPSA) is 112 Å². The minimum absolute atomic E-state index is 0.0119. The summed E-state index contributed by atoms with van der Waals surface area (Å²) in [6, 6.07) is 4.57. The van der Waals surface area contributed by atoms with Crippen LogP contribution < -0.4 is 4.72 Å². The van der Waals surface area contributed by atoms with Gasteiger partial charge in [0.15, 0.2) is 0 Å². The van der Waals surface area contributed by atoms with Gasteiger partial charge in [-0.3, -0.25) is 5.10 Å². The van der Waals surface area contributed by atoms with Crippen LogP contribution >= 0.6 is 0 Å². The normalized spacial score (nSPS) is 13.1. The van der Waals surface area contributed by atoms with Crippen molar-refractivity contribution in [2.45, 2.75) is 17.9 Å². The molecule has 0 bridgehead atoms. The number of sulfonamides is 1. The lowest BCUT2D eigenvalue weighted by molar-refractivity contribution is 0.0696. The number of carboxylic acid groups (broad SMARTS) is 1. The van der Waals surface area contributed by atoms with Crippen LogP contribution in [0.1, 0.15) is 28.9 Å². The molecule has 0 spiro atoms. The number of carbonyl (C=O) groups is 1. The Morgan fingerprint density at radius 2 is 2.00 bits per heavy atom. The van der Waals surface area contributed by atoms with Crippen molar-refractivity contribution in [3.63, 3.8) is 0 Å². The third-order valence-corrected chi connectivity index (χ3v) is 4.32. The van der Waals surface area contributed by atoms with Crippen LogP contribution in [0.25, 0.3) is 0 Å². The van der Waals surface area contributed by atoms with E-state index in [9.17, 15) is 13.2 Å². The molecule has 1 atom stereocenters. The van der Waals surface area contributed by atoms with Gasteiger partial charge in [-0.2, -0.15) is 5.10 Å². The average molecular weight is 295 g/mol. The van der Waals surface area contributed by atoms with Gasteiger partial charge in [0.25, 0.3) is 0 Å². The van der Waals surface area contributed by atoms with Gasteiger partial charge in [-0.05, 0) is 31.2 Å². The van der Waals surface area contributed by atoms with E-state index in [4.69, 9.17) is 5.11 Å². The highest BCUT2D eigenvalue weighted by Crippen LogP contribution is 2.16. The maximum atomic E-state index is 12.1. The molecular formula is C12H13N3O4S. The number of hydrogen-bond donors (Lipinski definition) is 3. The number of nitrogens with zero attached hydrogens (tertiary/aromatic N) is 1. The van der Waals surface area contributed by atoms with E-state index in [1.54, 1.807) is 13.1 Å². The maximum absolute atomic E-state index is 12.1. The van der Waals surface area contributed by atoms with Gasteiger partial charge in [0, 0.05) is 17.8 Å². The number of hydrogen-bond acceptors (Lipinski definition) is 4. The Hall–Kier alpha value is -2.19. The number of H-pyrrole nitrogens is 1. The third kappa shape index (κ3) is 3.03. The Balaban J connectivity index is 2.20. The van der Waals surface area contributed by atoms with Crippen molar-refractivity contribution >= 4 is 16.0 Å². The molecule has 0 amide bonds. The standard InChI is InChI=1S/C12H13N3O4S/c1-8(10-6-13-14-7-10)15-20(18,19)11-4-2-9(3-5-11)12(16)17/h2-8,15H,1H3,(H,13,14)(H,16,17). The lowest BCUT2D eigenvalue weighted by atomic mass is 10.2. The molecule has 1 aromatic heterocycles. The van der Waals surface area contributed by atoms with E-state index in [0.717, 1.165) is 0 Å². The number of carboxylic acids is 1. The van der Waals surface area contributed by atoms with E-state index >= 15 is 0 Å². The molecular weight excluding hydrogens is 282 g/mol. The van der Waals surface area contributed by atoms with E-state index in [0.29, 0.717) is 5.56 Å². The highest BCUT2D eigenvalue weighted by Gasteiger charge is 2.19. The highest BCUT2D eigenvalue weighted by atomic mass is 32.2. The van der Waals surface area contributed by atoms with Crippen molar-refractivity contribution < 1.29 is 18.3 Å². The molecule has 2 aromatic rings. The Kier molecular flexibility index (Phi) is 3.86. The van der Waals surface area contributed by atoms with Crippen molar-refractivity contribution in [2.24, 2.45) is 0 Å². The van der Waals surface area contributed by atoms with Gasteiger partial charge in [-0.25, -0.2) is 17.9 Å². The maximum Gasteiger partial charge on any atom is 0.335 e. The fourth-order valence-corrected chi connectivity index (χ4v) is 2.88. The van der Waals surface area contributed by atoms with E-state index in [1.165, 1.54) is 30.5 Å². The summed E-state index contributed by atoms with van der Waals surface area (Å²) >= 11 is 0. The smallest absolute Gasteiger partial charge is 0.335 e. The second-order valence-corrected chi connectivity index (χ2v) is 5.92. The molecule has 0 aliphatic rings. The van der Waals surface area contributed by atoms with Crippen LogP contribution in [-0.2, 0) is 10.0 Å². The predicted octanol–water partition coefficient (Wildman–Crippen LogP) is 1.15. The molecule has 106 valence electrons. The molecule has 0 radical (unpaired) electrons. The van der Waals surface area contributed by atoms with Crippen molar-refractivity contribution in [1.29, 1.82) is 0 Å². The van der Waals surface area contributed by atoms with Crippen molar-refractivity contribution in [3.8, 4) is 0 Å². The summed E-state index contributed by atoms with van der Waals surface area (Å²) in [6.45, 7) is 1.69. The van der Waals surface area contributed by atoms with Gasteiger partial charge in [0.1, 0.15) is 0 Å². The zero-order chi connectivity index (χ0) is 14.8. The van der Waals surface area contributed by atoms with Crippen LogP contribution in [0, 0.1) is 0 Å². The van der Waals surface area contributed by atoms with Gasteiger partial charge in [0.2, 0.25) is 10.0 Å². The minimum atomic E-state index is -3.71. The van der Waals surface area contributed by atoms with E-state index in [1.807, 2.05) is 0 Å². The first-order valence-electron chi connectivity index (χ1n) is 5.74. The van der Waals surface area contributed by atoms with Crippen LogP contribution in [0.2, 0.25) is 0 Å². The second-order valence-electron chi connectivity index (χ2n) is 4.20. The molecule has 0 aliphatic carbocycles. The fourth-order valence-electron chi connectivity index (χ4n) is 1.64. The van der Waals surface area contributed by atoms with Crippen LogP contribution in [0.15, 0.2) is 41.6 Å². The summed E-state index contributed by atoms with van der Waals surface area (Å²) in [6.07, 6.45) is 3.13. The number of aromatic amines is 1. The Morgan fingerprint density at radius 3 is 2.50 bits per heavy atom. The third-order valence-electron chi connectivity index (χ3n) is 2.76.